The number of rotatable bonds is 3. The van der Waals surface area contributed by atoms with Crippen molar-refractivity contribution in [3.8, 4) is 6.07 Å². The number of para-hydroxylation sites is 1. The van der Waals surface area contributed by atoms with Crippen molar-refractivity contribution in [3.05, 3.63) is 36.0 Å². The lowest BCUT2D eigenvalue weighted by atomic mass is 10.0. The number of benzene rings is 1. The molecule has 3 N–H and O–H groups in total. The first-order valence-electron chi connectivity index (χ1n) is 8.85. The Morgan fingerprint density at radius 1 is 1.32 bits per heavy atom. The summed E-state index contributed by atoms with van der Waals surface area (Å²) in [4.78, 5) is 23.0. The second-order valence-corrected chi connectivity index (χ2v) is 6.71. The van der Waals surface area contributed by atoms with Gasteiger partial charge in [0.2, 0.25) is 5.91 Å². The van der Waals surface area contributed by atoms with E-state index in [1.165, 1.54) is 0 Å². The van der Waals surface area contributed by atoms with Crippen LogP contribution in [0.4, 0.5) is 13.2 Å². The Kier molecular flexibility index (Phi) is 11.0. The zero-order valence-corrected chi connectivity index (χ0v) is 18.7. The van der Waals surface area contributed by atoms with Gasteiger partial charge in [-0.3, -0.25) is 4.79 Å². The van der Waals surface area contributed by atoms with E-state index in [9.17, 15) is 18.0 Å². The van der Waals surface area contributed by atoms with Gasteiger partial charge in [-0.15, -0.1) is 0 Å². The van der Waals surface area contributed by atoms with Crippen molar-refractivity contribution in [3.63, 3.8) is 0 Å². The van der Waals surface area contributed by atoms with Gasteiger partial charge >= 0.3 is 12.1 Å². The lowest BCUT2D eigenvalue weighted by Crippen LogP contribution is -2.46. The normalized spacial score (nSPS) is 16.3. The van der Waals surface area contributed by atoms with Crippen molar-refractivity contribution in [2.24, 2.45) is 12.8 Å². The number of nitriles is 1. The summed E-state index contributed by atoms with van der Waals surface area (Å²) in [7, 11) is 1.99. The first-order valence-corrected chi connectivity index (χ1v) is 8.85. The van der Waals surface area contributed by atoms with E-state index in [-0.39, 0.29) is 38.9 Å². The van der Waals surface area contributed by atoms with E-state index in [1.54, 1.807) is 4.90 Å². The number of fused-ring (bicyclic) bond motifs is 1. The molecule has 0 radical (unpaired) electrons. The number of hydrogen-bond donors (Lipinski definition) is 2. The number of carbonyl (C=O) groups is 2. The van der Waals surface area contributed by atoms with Gasteiger partial charge in [-0.2, -0.15) is 45.4 Å². The molecule has 31 heavy (non-hydrogen) atoms. The summed E-state index contributed by atoms with van der Waals surface area (Å²) in [6, 6.07) is 9.38. The van der Waals surface area contributed by atoms with Gasteiger partial charge in [-0.05, 0) is 30.9 Å². The lowest BCUT2D eigenvalue weighted by molar-refractivity contribution is -0.192. The second kappa shape index (κ2) is 11.9. The number of aromatic nitrogens is 1. The number of aryl methyl sites for hydroxylation is 1. The maximum absolute atomic E-state index is 12.5. The molecule has 0 aliphatic carbocycles. The van der Waals surface area contributed by atoms with E-state index < -0.39 is 18.2 Å². The Balaban J connectivity index is 0.000000875. The van der Waals surface area contributed by atoms with Gasteiger partial charge in [0.15, 0.2) is 0 Å². The molecular weight excluding hydrogens is 453 g/mol. The minimum atomic E-state index is -5.08. The highest BCUT2D eigenvalue weighted by Gasteiger charge is 2.38. The number of carbonyl (C=O) groups excluding carboxylic acids is 1. The van der Waals surface area contributed by atoms with E-state index in [2.05, 4.69) is 22.8 Å². The van der Waals surface area contributed by atoms with Gasteiger partial charge < -0.3 is 20.3 Å². The molecule has 2 atom stereocenters. The highest BCUT2D eigenvalue weighted by atomic mass is 32.1. The van der Waals surface area contributed by atoms with E-state index in [0.29, 0.717) is 13.0 Å². The minimum absolute atomic E-state index is 0. The van der Waals surface area contributed by atoms with Crippen LogP contribution in [0, 0.1) is 11.3 Å². The number of alkyl halides is 3. The third-order valence-corrected chi connectivity index (χ3v) is 4.66. The Bertz CT molecular complexity index is 944. The SMILES string of the molecule is Cn1cc(C[C@H](N)C(=O)N2CCC[C@H]2C#N)c2ccccc21.O=C(O)C(F)(F)F.S.S. The van der Waals surface area contributed by atoms with Crippen molar-refractivity contribution in [2.75, 3.05) is 6.54 Å². The van der Waals surface area contributed by atoms with Gasteiger partial charge in [-0.1, -0.05) is 18.2 Å². The molecule has 0 spiro atoms. The van der Waals surface area contributed by atoms with Crippen LogP contribution in [0.1, 0.15) is 18.4 Å². The van der Waals surface area contributed by atoms with Crippen molar-refractivity contribution in [2.45, 2.75) is 37.5 Å². The van der Waals surface area contributed by atoms with E-state index in [1.807, 2.05) is 25.4 Å². The lowest BCUT2D eigenvalue weighted by Gasteiger charge is -2.23. The Morgan fingerprint density at radius 2 is 1.90 bits per heavy atom. The van der Waals surface area contributed by atoms with Crippen LogP contribution in [0.2, 0.25) is 0 Å². The van der Waals surface area contributed by atoms with Gasteiger partial charge in [-0.25, -0.2) is 4.79 Å². The molecule has 172 valence electrons. The van der Waals surface area contributed by atoms with Crippen LogP contribution < -0.4 is 5.73 Å². The number of hydrogen-bond acceptors (Lipinski definition) is 4. The number of halogens is 3. The van der Waals surface area contributed by atoms with Gasteiger partial charge in [0.25, 0.3) is 0 Å². The molecule has 2 heterocycles. The summed E-state index contributed by atoms with van der Waals surface area (Å²) in [6.45, 7) is 0.639. The molecule has 12 heteroatoms. The standard InChI is InChI=1S/C17H20N4O.C2HF3O2.2H2S/c1-20-11-12(14-6-2-3-7-16(14)20)9-15(19)17(22)21-8-4-5-13(21)10-18;3-2(4,5)1(6)7;;/h2-3,6-7,11,13,15H,4-5,8-9,19H2,1H3;(H,6,7);2*1H2/t13-,15-;;;/m0.../s1. The van der Waals surface area contributed by atoms with Gasteiger partial charge in [0.05, 0.1) is 12.1 Å². The third-order valence-electron chi connectivity index (χ3n) is 4.66. The largest absolute Gasteiger partial charge is 0.490 e. The summed E-state index contributed by atoms with van der Waals surface area (Å²) < 4.78 is 33.8. The molecule has 1 saturated heterocycles. The molecule has 1 fully saturated rings. The zero-order chi connectivity index (χ0) is 21.8. The molecule has 1 amide bonds. The number of carboxylic acids is 1. The monoisotopic (exact) mass is 478 g/mol. The first-order chi connectivity index (χ1) is 13.6. The van der Waals surface area contributed by atoms with Crippen molar-refractivity contribution >= 4 is 49.8 Å². The Hall–Kier alpha value is -2.36. The van der Waals surface area contributed by atoms with Gasteiger partial charge in [0, 0.05) is 30.7 Å². The molecule has 7 nitrogen and oxygen atoms in total. The van der Waals surface area contributed by atoms with Crippen LogP contribution >= 0.6 is 27.0 Å². The smallest absolute Gasteiger partial charge is 0.475 e. The molecule has 0 unspecified atom stereocenters. The summed E-state index contributed by atoms with van der Waals surface area (Å²) in [5.74, 6) is -2.87. The molecule has 2 aromatic rings. The average molecular weight is 479 g/mol. The number of nitrogens with zero attached hydrogens (tertiary/aromatic N) is 3. The fraction of sp³-hybridized carbons (Fsp3) is 0.421. The van der Waals surface area contributed by atoms with E-state index in [4.69, 9.17) is 20.9 Å². The number of carboxylic acid groups (broad SMARTS) is 1. The van der Waals surface area contributed by atoms with Crippen LogP contribution in [0.25, 0.3) is 10.9 Å². The van der Waals surface area contributed by atoms with Crippen LogP contribution in [0.3, 0.4) is 0 Å². The van der Waals surface area contributed by atoms with Gasteiger partial charge in [0.1, 0.15) is 6.04 Å². The number of likely N-dealkylation sites (tertiary alicyclic amines) is 1. The summed E-state index contributed by atoms with van der Waals surface area (Å²) in [5, 5.41) is 17.4. The molecule has 0 bridgehead atoms. The average Bonchev–Trinajstić information content (AvgIpc) is 3.26. The van der Waals surface area contributed by atoms with Crippen molar-refractivity contribution in [1.82, 2.24) is 9.47 Å². The fourth-order valence-corrected chi connectivity index (χ4v) is 3.29. The summed E-state index contributed by atoms with van der Waals surface area (Å²) in [5.41, 5.74) is 8.34. The highest BCUT2D eigenvalue weighted by molar-refractivity contribution is 7.59. The minimum Gasteiger partial charge on any atom is -0.475 e. The maximum Gasteiger partial charge on any atom is 0.490 e. The predicted octanol–water partition coefficient (Wildman–Crippen LogP) is 2.42. The Labute approximate surface area is 191 Å². The predicted molar refractivity (Wildman–Crippen MR) is 119 cm³/mol. The fourth-order valence-electron chi connectivity index (χ4n) is 3.29. The van der Waals surface area contributed by atoms with Crippen LogP contribution in [0.15, 0.2) is 30.5 Å². The van der Waals surface area contributed by atoms with E-state index in [0.717, 1.165) is 29.3 Å². The van der Waals surface area contributed by atoms with Crippen molar-refractivity contribution < 1.29 is 27.9 Å². The number of nitrogens with two attached hydrogens (primary N) is 1. The van der Waals surface area contributed by atoms with E-state index >= 15 is 0 Å². The molecule has 0 saturated carbocycles. The summed E-state index contributed by atoms with van der Waals surface area (Å²) in [6.07, 6.45) is -0.924. The third kappa shape index (κ3) is 7.09. The summed E-state index contributed by atoms with van der Waals surface area (Å²) >= 11 is 0. The highest BCUT2D eigenvalue weighted by Crippen LogP contribution is 2.23. The number of amides is 1. The topological polar surface area (TPSA) is 112 Å². The van der Waals surface area contributed by atoms with Crippen LogP contribution in [0.5, 0.6) is 0 Å². The molecule has 1 aromatic heterocycles. The molecule has 1 aromatic carbocycles. The van der Waals surface area contributed by atoms with Crippen LogP contribution in [-0.2, 0) is 23.1 Å². The maximum atomic E-state index is 12.5. The van der Waals surface area contributed by atoms with Crippen LogP contribution in [-0.4, -0.2) is 51.3 Å². The first kappa shape index (κ1) is 28.6. The molecule has 1 aliphatic rings. The Morgan fingerprint density at radius 3 is 2.45 bits per heavy atom. The molecule has 1 aliphatic heterocycles. The second-order valence-electron chi connectivity index (χ2n) is 6.71. The quantitative estimate of drug-likeness (QED) is 0.704. The van der Waals surface area contributed by atoms with Crippen molar-refractivity contribution in [1.29, 1.82) is 5.26 Å². The molecule has 3 rings (SSSR count). The zero-order valence-electron chi connectivity index (χ0n) is 16.7. The molecular formula is C19H25F3N4O3S2. The number of aliphatic carboxylic acids is 1.